The Morgan fingerprint density at radius 2 is 1.25 bits per heavy atom. The Kier molecular flexibility index (Phi) is 65.0. The van der Waals surface area contributed by atoms with Crippen LogP contribution in [0.15, 0.2) is 66.2 Å². The monoisotopic (exact) mass is 1340 g/mol. The third-order valence-corrected chi connectivity index (χ3v) is 15.1. The Morgan fingerprint density at radius 1 is 0.763 bits per heavy atom. The summed E-state index contributed by atoms with van der Waals surface area (Å²) >= 11 is 1.64. The normalized spacial score (nSPS) is 15.1. The van der Waals surface area contributed by atoms with Crippen molar-refractivity contribution < 1.29 is 66.8 Å². The fourth-order valence-corrected chi connectivity index (χ4v) is 10.9. The van der Waals surface area contributed by atoms with E-state index in [1.807, 2.05) is 127 Å². The number of likely N-dealkylation sites (N-methyl/N-ethyl adjacent to an activating group) is 2. The first-order chi connectivity index (χ1) is 44.8. The molecule has 1 saturated heterocycles. The first kappa shape index (κ1) is 96.4. The summed E-state index contributed by atoms with van der Waals surface area (Å²) in [7, 11) is 6.53. The van der Waals surface area contributed by atoms with E-state index in [0.29, 0.717) is 56.9 Å². The number of nitrogens with one attached hydrogen (secondary N) is 1. The smallest absolute Gasteiger partial charge is 0.285 e. The summed E-state index contributed by atoms with van der Waals surface area (Å²) in [5.41, 5.74) is 5.75. The van der Waals surface area contributed by atoms with Crippen molar-refractivity contribution in [2.75, 3.05) is 114 Å². The van der Waals surface area contributed by atoms with Gasteiger partial charge in [-0.2, -0.15) is 0 Å². The number of nitrogens with two attached hydrogens (primary N) is 1. The van der Waals surface area contributed by atoms with E-state index in [0.717, 1.165) is 28.5 Å². The number of hydrogen-bond acceptors (Lipinski definition) is 16. The lowest BCUT2D eigenvalue weighted by Gasteiger charge is -2.40. The average Bonchev–Trinajstić information content (AvgIpc) is 1.72. The van der Waals surface area contributed by atoms with Crippen molar-refractivity contribution >= 4 is 58.7 Å². The molecule has 0 aromatic heterocycles. The van der Waals surface area contributed by atoms with Crippen molar-refractivity contribution in [3.8, 4) is 0 Å². The van der Waals surface area contributed by atoms with E-state index in [2.05, 4.69) is 45.0 Å². The maximum atomic E-state index is 14.5. The molecule has 0 saturated carbocycles. The number of fused-ring (bicyclic) bond motifs is 1. The molecule has 0 radical (unpaired) electrons. The summed E-state index contributed by atoms with van der Waals surface area (Å²) in [5, 5.41) is 4.57. The Morgan fingerprint density at radius 3 is 1.68 bits per heavy atom. The molecule has 3 N–H and O–H groups in total. The zero-order valence-corrected chi connectivity index (χ0v) is 62.9. The molecule has 2 aliphatic heterocycles. The lowest BCUT2D eigenvalue weighted by atomic mass is 9.81. The number of hydroxylamine groups is 2. The predicted octanol–water partition coefficient (Wildman–Crippen LogP) is 11.9. The van der Waals surface area contributed by atoms with Crippen LogP contribution in [0.2, 0.25) is 0 Å². The highest BCUT2D eigenvalue weighted by atomic mass is 32.2. The van der Waals surface area contributed by atoms with E-state index >= 15 is 0 Å². The van der Waals surface area contributed by atoms with Crippen molar-refractivity contribution in [2.24, 2.45) is 34.4 Å². The molecule has 1 aromatic carbocycles. The van der Waals surface area contributed by atoms with Gasteiger partial charge in [0, 0.05) is 47.3 Å². The number of thioether (sulfide) groups is 1. The van der Waals surface area contributed by atoms with Crippen LogP contribution in [0.4, 0.5) is 0 Å². The van der Waals surface area contributed by atoms with Crippen molar-refractivity contribution in [1.82, 2.24) is 25.1 Å². The van der Waals surface area contributed by atoms with E-state index in [9.17, 15) is 28.8 Å². The van der Waals surface area contributed by atoms with Gasteiger partial charge >= 0.3 is 0 Å². The van der Waals surface area contributed by atoms with Crippen LogP contribution in [-0.4, -0.2) is 211 Å². The Balaban J connectivity index is -0.00000148. The van der Waals surface area contributed by atoms with Gasteiger partial charge in [-0.3, -0.25) is 43.4 Å². The number of ether oxygens (including phenoxy) is 6. The molecular formula is C71H131N7O14S. The van der Waals surface area contributed by atoms with Gasteiger partial charge in [0.25, 0.3) is 11.8 Å². The van der Waals surface area contributed by atoms with E-state index < -0.39 is 35.9 Å². The SMILES string of the molecule is C=C/C=C\C(=C)CC(C(=NCC)SC)C(C)C(OC)C1CCCN1C(=O)CC(OC)C(C(C)CC)N(C)C(=O)CNC(=O)C(C(C)C)N(C)C(=O)CCOCCOCCOCCOCCON1C(=O)c2ccccc2C1=O.CC.CC.CC.CC.CC.CCC.NC=O. The number of aliphatic imine (C=N–C) groups is 1. The quantitative estimate of drug-likeness (QED) is 0.0156. The number of carbonyl (C=O) groups excluding carboxylic acids is 7. The summed E-state index contributed by atoms with van der Waals surface area (Å²) < 4.78 is 34.5. The van der Waals surface area contributed by atoms with E-state index in [1.165, 1.54) is 11.3 Å². The maximum Gasteiger partial charge on any atom is 0.285 e. The molecule has 8 atom stereocenters. The fraction of sp³-hybridized carbons (Fsp3) is 0.718. The number of imide groups is 1. The fourth-order valence-electron chi connectivity index (χ4n) is 10.0. The highest BCUT2D eigenvalue weighted by Crippen LogP contribution is 2.36. The van der Waals surface area contributed by atoms with Crippen LogP contribution in [0.1, 0.15) is 190 Å². The lowest BCUT2D eigenvalue weighted by Crippen LogP contribution is -2.55. The van der Waals surface area contributed by atoms with Crippen LogP contribution in [-0.2, 0) is 57.2 Å². The van der Waals surface area contributed by atoms with E-state index in [4.69, 9.17) is 43.0 Å². The standard InChI is InChI=1S/C57H90N6O13S.C3H8.5C2H6.CH3NO/c1-14-17-21-40(6)36-45(55(77-13)58-16-3)42(8)53(71-12)46-24-20-26-62(46)49(65)37-47(70-11)52(41(7)15-2)61(10)50(66)38-59-54(67)51(39(4)5)60(9)48(64)25-27-72-28-29-73-30-31-74-32-33-75-34-35-76-63-56(68)43-22-18-19-23-44(43)57(63)69;1-3-2;5*1-2;2-1-3/h14,17-19,21-23,39,41-42,45-47,51-53H,1,6,15-16,20,24-38H2,2-5,7-13H3,(H,59,67);3H2,1-2H3;5*1-2H3;1H,(H2,2,3)/b21-17-,58-55?;;;;;;;. The molecule has 2 aliphatic rings. The summed E-state index contributed by atoms with van der Waals surface area (Å²) in [6, 6.07) is 5.04. The van der Waals surface area contributed by atoms with Gasteiger partial charge in [0.15, 0.2) is 0 Å². The minimum absolute atomic E-state index is 0.000796. The highest BCUT2D eigenvalue weighted by Gasteiger charge is 2.43. The Labute approximate surface area is 568 Å². The van der Waals surface area contributed by atoms with Gasteiger partial charge in [0.05, 0.1) is 119 Å². The molecule has 1 fully saturated rings. The highest BCUT2D eigenvalue weighted by molar-refractivity contribution is 8.13. The number of amides is 7. The summed E-state index contributed by atoms with van der Waals surface area (Å²) in [6.07, 6.45) is 11.3. The maximum absolute atomic E-state index is 14.5. The van der Waals surface area contributed by atoms with Gasteiger partial charge < -0.3 is 54.2 Å². The number of rotatable bonds is 38. The Hall–Kier alpha value is -5.33. The van der Waals surface area contributed by atoms with E-state index in [1.54, 1.807) is 75.3 Å². The molecule has 2 heterocycles. The van der Waals surface area contributed by atoms with Crippen LogP contribution in [0.5, 0.6) is 0 Å². The number of carbonyl (C=O) groups is 7. The van der Waals surface area contributed by atoms with Gasteiger partial charge in [0.2, 0.25) is 30.0 Å². The number of allylic oxidation sites excluding steroid dienone is 4. The van der Waals surface area contributed by atoms with Gasteiger partial charge in [-0.1, -0.05) is 180 Å². The first-order valence-corrected chi connectivity index (χ1v) is 35.3. The number of benzene rings is 1. The predicted molar refractivity (Wildman–Crippen MR) is 382 cm³/mol. The van der Waals surface area contributed by atoms with Crippen molar-refractivity contribution in [2.45, 2.75) is 200 Å². The molecule has 0 spiro atoms. The number of likely N-dealkylation sites (tertiary alicyclic amines) is 1. The third kappa shape index (κ3) is 37.0. The van der Waals surface area contributed by atoms with Crippen molar-refractivity contribution in [3.63, 3.8) is 0 Å². The van der Waals surface area contributed by atoms with Crippen LogP contribution in [0, 0.1) is 23.7 Å². The third-order valence-electron chi connectivity index (χ3n) is 14.2. The minimum atomic E-state index is -0.844. The van der Waals surface area contributed by atoms with Gasteiger partial charge in [-0.05, 0) is 62.3 Å². The largest absolute Gasteiger partial charge is 0.379 e. The second kappa shape index (κ2) is 62.8. The number of nitrogens with zero attached hydrogens (tertiary/aromatic N) is 5. The average molecular weight is 1340 g/mol. The summed E-state index contributed by atoms with van der Waals surface area (Å²) in [4.78, 5) is 104. The summed E-state index contributed by atoms with van der Waals surface area (Å²) in [5.74, 6) is -2.46. The molecule has 0 bridgehead atoms. The number of hydrogen-bond donors (Lipinski definition) is 2. The van der Waals surface area contributed by atoms with Crippen molar-refractivity contribution in [1.29, 1.82) is 0 Å². The molecule has 0 aliphatic carbocycles. The van der Waals surface area contributed by atoms with Crippen LogP contribution < -0.4 is 11.1 Å². The second-order valence-corrected chi connectivity index (χ2v) is 21.4. The van der Waals surface area contributed by atoms with Gasteiger partial charge in [-0.25, -0.2) is 0 Å². The molecular weight excluding hydrogens is 1210 g/mol. The van der Waals surface area contributed by atoms with Crippen LogP contribution >= 0.6 is 11.8 Å². The molecule has 3 rings (SSSR count). The van der Waals surface area contributed by atoms with Crippen molar-refractivity contribution in [3.05, 3.63) is 72.4 Å². The van der Waals surface area contributed by atoms with Crippen LogP contribution in [0.25, 0.3) is 0 Å². The number of primary amides is 1. The Bertz CT molecular complexity index is 2170. The topological polar surface area (TPSA) is 247 Å². The minimum Gasteiger partial charge on any atom is -0.379 e. The first-order valence-electron chi connectivity index (χ1n) is 34.0. The molecule has 93 heavy (non-hydrogen) atoms. The summed E-state index contributed by atoms with van der Waals surface area (Å²) in [6.45, 7) is 47.3. The van der Waals surface area contributed by atoms with Gasteiger partial charge in [-0.15, -0.1) is 16.8 Å². The van der Waals surface area contributed by atoms with E-state index in [-0.39, 0.29) is 119 Å². The van der Waals surface area contributed by atoms with Crippen LogP contribution in [0.3, 0.4) is 0 Å². The van der Waals surface area contributed by atoms with Gasteiger partial charge in [0.1, 0.15) is 6.04 Å². The molecule has 8 unspecified atom stereocenters. The lowest BCUT2D eigenvalue weighted by molar-refractivity contribution is -0.145. The second-order valence-electron chi connectivity index (χ2n) is 20.5. The zero-order valence-electron chi connectivity index (χ0n) is 62.1. The zero-order chi connectivity index (χ0) is 72.4. The molecule has 22 heteroatoms. The molecule has 7 amide bonds. The molecule has 540 valence electrons. The number of methoxy groups -OCH3 is 2. The molecule has 21 nitrogen and oxygen atoms in total. The molecule has 1 aromatic rings.